The topological polar surface area (TPSA) is 369 Å². The van der Waals surface area contributed by atoms with E-state index in [-0.39, 0.29) is 48.0 Å². The molecule has 0 aromatic carbocycles. The van der Waals surface area contributed by atoms with Crippen LogP contribution < -0.4 is 0 Å². The molecule has 0 aromatic heterocycles. The van der Waals surface area contributed by atoms with Crippen molar-refractivity contribution in [2.45, 2.75) is 247 Å². The van der Waals surface area contributed by atoms with Crippen molar-refractivity contribution in [1.82, 2.24) is 0 Å². The van der Waals surface area contributed by atoms with E-state index < -0.39 is 172 Å². The van der Waals surface area contributed by atoms with Gasteiger partial charge in [-0.15, -0.1) is 0 Å². The Balaban J connectivity index is 0.905. The van der Waals surface area contributed by atoms with Crippen LogP contribution in [0.25, 0.3) is 0 Å². The molecule has 4 aliphatic heterocycles. The zero-order valence-electron chi connectivity index (χ0n) is 43.6. The zero-order chi connectivity index (χ0) is 54.6. The van der Waals surface area contributed by atoms with Gasteiger partial charge in [-0.1, -0.05) is 20.8 Å². The summed E-state index contributed by atoms with van der Waals surface area (Å²) in [6, 6.07) is 0. The third kappa shape index (κ3) is 12.0. The second kappa shape index (κ2) is 24.1. The minimum Gasteiger partial charge on any atom is -0.458 e. The smallest absolute Gasteiger partial charge is 0.306 e. The molecule has 4 aliphatic carbocycles. The molecular formula is C51H84O24. The van der Waals surface area contributed by atoms with E-state index in [9.17, 15) is 70.9 Å². The molecule has 0 bridgehead atoms. The first-order valence-corrected chi connectivity index (χ1v) is 27.0. The quantitative estimate of drug-likeness (QED) is 0.0566. The minimum absolute atomic E-state index is 0.0319. The van der Waals surface area contributed by atoms with Crippen molar-refractivity contribution >= 4 is 11.9 Å². The van der Waals surface area contributed by atoms with Crippen LogP contribution in [0.5, 0.6) is 0 Å². The van der Waals surface area contributed by atoms with Crippen molar-refractivity contribution in [2.75, 3.05) is 19.8 Å². The lowest BCUT2D eigenvalue weighted by Crippen LogP contribution is -2.65. The van der Waals surface area contributed by atoms with Gasteiger partial charge < -0.3 is 109 Å². The predicted octanol–water partition coefficient (Wildman–Crippen LogP) is -2.40. The summed E-state index contributed by atoms with van der Waals surface area (Å²) < 4.78 is 59.5. The first kappa shape index (κ1) is 59.3. The van der Waals surface area contributed by atoms with Crippen molar-refractivity contribution in [3.63, 3.8) is 0 Å². The largest absolute Gasteiger partial charge is 0.458 e. The maximum atomic E-state index is 13.5. The van der Waals surface area contributed by atoms with Crippen LogP contribution in [-0.2, 0) is 57.0 Å². The van der Waals surface area contributed by atoms with Gasteiger partial charge in [0, 0.05) is 18.8 Å². The average Bonchev–Trinajstić information content (AvgIpc) is 3.64. The third-order valence-electron chi connectivity index (χ3n) is 18.6. The molecule has 24 nitrogen and oxygen atoms in total. The van der Waals surface area contributed by atoms with E-state index in [4.69, 9.17) is 47.4 Å². The Bertz CT molecular complexity index is 1900. The van der Waals surface area contributed by atoms with Crippen molar-refractivity contribution in [3.05, 3.63) is 0 Å². The molecule has 0 spiro atoms. The van der Waals surface area contributed by atoms with Gasteiger partial charge in [0.1, 0.15) is 97.7 Å². The van der Waals surface area contributed by atoms with Crippen molar-refractivity contribution in [1.29, 1.82) is 0 Å². The average molecular weight is 1080 g/mol. The van der Waals surface area contributed by atoms with Crippen LogP contribution in [0, 0.1) is 40.4 Å². The van der Waals surface area contributed by atoms with Crippen LogP contribution in [0.3, 0.4) is 0 Å². The van der Waals surface area contributed by atoms with Crippen LogP contribution in [0.1, 0.15) is 106 Å². The molecule has 24 heteroatoms. The SMILES string of the molecule is CC(=O)O[C@H]1[C@@H](OC(=O)CC[C@H](C)CO[C@@H]2O[C@H](CO)[C@H](O)[C@H](O)[C@H]2O)C[C@H]2[C@@H]3CC[C@H]4C[C@@H](O[C@H]5O[C@H](CO[C@@H]6O[C@@H](C)[C@H](O)[C@@H](O)[C@H]6O)[C@H](O)[C@H](O)[C@H]5O[C@@H]5O[C@@H](C)[C@H](O)[C@@H](O)[C@H]5O)CC[C@]4(C)[C@H]3CC[C@@]21C. The Kier molecular flexibility index (Phi) is 19.0. The summed E-state index contributed by atoms with van der Waals surface area (Å²) in [5.41, 5.74) is -0.600. The Morgan fingerprint density at radius 2 is 1.19 bits per heavy atom. The van der Waals surface area contributed by atoms with Gasteiger partial charge in [0.15, 0.2) is 25.2 Å². The molecule has 0 radical (unpaired) electrons. The van der Waals surface area contributed by atoms with Gasteiger partial charge >= 0.3 is 11.9 Å². The highest BCUT2D eigenvalue weighted by molar-refractivity contribution is 5.70. The standard InChI is InChI=1S/C51H84O24/c1-20(18-66-47-42(64)39(61)35(57)30(17-52)73-47)7-10-32(54)72-29-16-28-26-9-8-24-15-25(11-13-50(24,5)27(26)12-14-51(28,6)45(29)70-23(4)53)71-49-44(75-48-43(65)38(60)34(56)22(3)69-48)40(62)36(58)31(74-49)19-67-46-41(63)37(59)33(55)21(2)68-46/h20-22,24-31,33-49,52,55-65H,7-19H2,1-6H3/t20-,21-,22-,24-,25-,26+,27-,28-,29-,30+,31+,33-,34-,35-,36-,37+,38+,39-,40-,41+,42+,43+,44+,45-,46+,47+,48-,49-,50-,51-/m0/s1. The van der Waals surface area contributed by atoms with E-state index in [1.165, 1.54) is 20.8 Å². The second-order valence-corrected chi connectivity index (χ2v) is 23.5. The molecule has 4 saturated carbocycles. The predicted molar refractivity (Wildman–Crippen MR) is 252 cm³/mol. The zero-order valence-corrected chi connectivity index (χ0v) is 43.6. The van der Waals surface area contributed by atoms with Gasteiger partial charge in [0.2, 0.25) is 0 Å². The summed E-state index contributed by atoms with van der Waals surface area (Å²) in [7, 11) is 0. The van der Waals surface area contributed by atoms with Gasteiger partial charge in [-0.3, -0.25) is 9.59 Å². The third-order valence-corrected chi connectivity index (χ3v) is 18.6. The first-order chi connectivity index (χ1) is 35.4. The molecule has 30 atom stereocenters. The number of aliphatic hydroxyl groups is 12. The van der Waals surface area contributed by atoms with Crippen molar-refractivity contribution in [3.8, 4) is 0 Å². The molecule has 4 saturated heterocycles. The molecule has 12 N–H and O–H groups in total. The maximum Gasteiger partial charge on any atom is 0.306 e. The number of hydrogen-bond acceptors (Lipinski definition) is 24. The summed E-state index contributed by atoms with van der Waals surface area (Å²) >= 11 is 0. The Labute approximate surface area is 436 Å². The lowest BCUT2D eigenvalue weighted by Gasteiger charge is -2.61. The molecule has 8 aliphatic rings. The molecule has 8 fully saturated rings. The lowest BCUT2D eigenvalue weighted by molar-refractivity contribution is -0.375. The normalized spacial score (nSPS) is 51.5. The molecule has 0 amide bonds. The van der Waals surface area contributed by atoms with E-state index in [0.717, 1.165) is 32.1 Å². The first-order valence-electron chi connectivity index (χ1n) is 27.0. The van der Waals surface area contributed by atoms with Gasteiger partial charge in [-0.05, 0) is 107 Å². The summed E-state index contributed by atoms with van der Waals surface area (Å²) in [5, 5.41) is 126. The molecule has 75 heavy (non-hydrogen) atoms. The number of carbonyl (C=O) groups excluding carboxylic acids is 2. The van der Waals surface area contributed by atoms with E-state index in [1.807, 2.05) is 6.92 Å². The fourth-order valence-corrected chi connectivity index (χ4v) is 14.0. The van der Waals surface area contributed by atoms with Crippen LogP contribution in [0.2, 0.25) is 0 Å². The lowest BCUT2D eigenvalue weighted by atomic mass is 9.45. The van der Waals surface area contributed by atoms with E-state index in [0.29, 0.717) is 25.7 Å². The van der Waals surface area contributed by atoms with E-state index >= 15 is 0 Å². The second-order valence-electron chi connectivity index (χ2n) is 23.5. The van der Waals surface area contributed by atoms with Crippen molar-refractivity contribution in [2.24, 2.45) is 40.4 Å². The number of esters is 2. The molecule has 432 valence electrons. The number of hydrogen-bond donors (Lipinski definition) is 12. The van der Waals surface area contributed by atoms with Crippen molar-refractivity contribution < 1.29 is 118 Å². The maximum absolute atomic E-state index is 13.5. The van der Waals surface area contributed by atoms with Crippen LogP contribution in [-0.4, -0.2) is 234 Å². The van der Waals surface area contributed by atoms with Crippen LogP contribution in [0.4, 0.5) is 0 Å². The summed E-state index contributed by atoms with van der Waals surface area (Å²) in [6.07, 6.45) is -24.7. The number of aliphatic hydroxyl groups excluding tert-OH is 12. The van der Waals surface area contributed by atoms with Gasteiger partial charge in [0.05, 0.1) is 38.1 Å². The highest BCUT2D eigenvalue weighted by Gasteiger charge is 2.65. The number of carbonyl (C=O) groups is 2. The monoisotopic (exact) mass is 1080 g/mol. The van der Waals surface area contributed by atoms with Crippen LogP contribution in [0.15, 0.2) is 0 Å². The minimum atomic E-state index is -1.75. The molecular weight excluding hydrogens is 997 g/mol. The van der Waals surface area contributed by atoms with Gasteiger partial charge in [-0.2, -0.15) is 0 Å². The van der Waals surface area contributed by atoms with Crippen LogP contribution >= 0.6 is 0 Å². The summed E-state index contributed by atoms with van der Waals surface area (Å²) in [4.78, 5) is 26.2. The fourth-order valence-electron chi connectivity index (χ4n) is 14.0. The Hall–Kier alpha value is -1.86. The summed E-state index contributed by atoms with van der Waals surface area (Å²) in [5.74, 6) is -0.367. The molecule has 0 unspecified atom stereocenters. The van der Waals surface area contributed by atoms with Gasteiger partial charge in [-0.25, -0.2) is 0 Å². The number of ether oxygens (including phenoxy) is 10. The fraction of sp³-hybridized carbons (Fsp3) is 0.961. The van der Waals surface area contributed by atoms with Gasteiger partial charge in [0.25, 0.3) is 0 Å². The highest BCUT2D eigenvalue weighted by atomic mass is 16.8. The molecule has 8 rings (SSSR count). The number of rotatable bonds is 16. The van der Waals surface area contributed by atoms with E-state index in [1.54, 1.807) is 0 Å². The Morgan fingerprint density at radius 3 is 1.84 bits per heavy atom. The molecule has 0 aromatic rings. The Morgan fingerprint density at radius 1 is 0.600 bits per heavy atom. The van der Waals surface area contributed by atoms with E-state index in [2.05, 4.69) is 13.8 Å². The summed E-state index contributed by atoms with van der Waals surface area (Å²) in [6.45, 7) is 9.60. The number of fused-ring (bicyclic) bond motifs is 5. The highest BCUT2D eigenvalue weighted by Crippen LogP contribution is 2.67. The molecule has 4 heterocycles.